The van der Waals surface area contributed by atoms with Crippen molar-refractivity contribution < 1.29 is 9.59 Å². The Morgan fingerprint density at radius 2 is 2.19 bits per heavy atom. The van der Waals surface area contributed by atoms with Crippen LogP contribution < -0.4 is 10.6 Å². The molecule has 1 aromatic rings. The first kappa shape index (κ1) is 15.4. The zero-order valence-corrected chi connectivity index (χ0v) is 12.9. The van der Waals surface area contributed by atoms with Gasteiger partial charge in [0.2, 0.25) is 5.91 Å². The highest BCUT2D eigenvalue weighted by atomic mass is 16.2. The van der Waals surface area contributed by atoms with Gasteiger partial charge < -0.3 is 15.5 Å². The van der Waals surface area contributed by atoms with Crippen LogP contribution in [0.1, 0.15) is 36.2 Å². The molecule has 2 rings (SSSR count). The van der Waals surface area contributed by atoms with Gasteiger partial charge in [-0.15, -0.1) is 0 Å². The number of fused-ring (bicyclic) bond motifs is 1. The first-order valence-corrected chi connectivity index (χ1v) is 7.46. The van der Waals surface area contributed by atoms with Crippen molar-refractivity contribution in [1.82, 2.24) is 10.2 Å². The predicted molar refractivity (Wildman–Crippen MR) is 83.5 cm³/mol. The molecule has 5 heteroatoms. The third-order valence-electron chi connectivity index (χ3n) is 3.91. The number of nitrogens with zero attached hydrogens (tertiary/aromatic N) is 1. The molecule has 2 N–H and O–H groups in total. The van der Waals surface area contributed by atoms with E-state index in [1.54, 1.807) is 18.9 Å². The lowest BCUT2D eigenvalue weighted by Crippen LogP contribution is -2.45. The Balaban J connectivity index is 2.12. The summed E-state index contributed by atoms with van der Waals surface area (Å²) in [4.78, 5) is 26.1. The average molecular weight is 289 g/mol. The molecule has 0 fully saturated rings. The van der Waals surface area contributed by atoms with E-state index in [9.17, 15) is 9.59 Å². The molecule has 0 aliphatic carbocycles. The average Bonchev–Trinajstić information content (AvgIpc) is 2.52. The maximum atomic E-state index is 12.4. The number of amides is 2. The summed E-state index contributed by atoms with van der Waals surface area (Å²) in [6.45, 7) is 5.20. The van der Waals surface area contributed by atoms with Gasteiger partial charge in [-0.05, 0) is 44.4 Å². The number of rotatable bonds is 4. The first-order valence-electron chi connectivity index (χ1n) is 7.46. The number of hydrogen-bond donors (Lipinski definition) is 2. The lowest BCUT2D eigenvalue weighted by molar-refractivity contribution is -0.131. The quantitative estimate of drug-likeness (QED) is 0.886. The van der Waals surface area contributed by atoms with E-state index in [0.717, 1.165) is 30.6 Å². The van der Waals surface area contributed by atoms with Crippen molar-refractivity contribution in [3.8, 4) is 0 Å². The van der Waals surface area contributed by atoms with Crippen LogP contribution in [0.3, 0.4) is 0 Å². The number of nitrogens with one attached hydrogen (secondary N) is 2. The van der Waals surface area contributed by atoms with Crippen molar-refractivity contribution in [3.05, 3.63) is 29.3 Å². The molecule has 1 heterocycles. The molecule has 1 atom stereocenters. The van der Waals surface area contributed by atoms with Gasteiger partial charge in [0, 0.05) is 31.4 Å². The largest absolute Gasteiger partial charge is 0.385 e. The number of carbonyl (C=O) groups is 2. The number of likely N-dealkylation sites (N-methyl/N-ethyl adjacent to an activating group) is 1. The Morgan fingerprint density at radius 1 is 1.43 bits per heavy atom. The second kappa shape index (κ2) is 6.61. The van der Waals surface area contributed by atoms with Crippen LogP contribution in [0.5, 0.6) is 0 Å². The minimum atomic E-state index is -0.519. The standard InChI is InChI=1S/C16H23N3O2/c1-4-19(3)16(21)11(2)18-15(20)13-7-5-9-14-12(13)8-6-10-17-14/h5,7,9,11,17H,4,6,8,10H2,1-3H3,(H,18,20). The Kier molecular flexibility index (Phi) is 4.83. The van der Waals surface area contributed by atoms with Crippen LogP contribution in [0.15, 0.2) is 18.2 Å². The number of hydrogen-bond acceptors (Lipinski definition) is 3. The fourth-order valence-corrected chi connectivity index (χ4v) is 2.55. The molecule has 0 bridgehead atoms. The first-order chi connectivity index (χ1) is 10.0. The molecule has 2 amide bonds. The van der Waals surface area contributed by atoms with Crippen molar-refractivity contribution in [2.24, 2.45) is 0 Å². The van der Waals surface area contributed by atoms with Gasteiger partial charge in [-0.25, -0.2) is 0 Å². The Bertz CT molecular complexity index is 542. The Hall–Kier alpha value is -2.04. The molecule has 1 aliphatic rings. The fraction of sp³-hybridized carbons (Fsp3) is 0.500. The summed E-state index contributed by atoms with van der Waals surface area (Å²) in [6, 6.07) is 5.17. The fourth-order valence-electron chi connectivity index (χ4n) is 2.55. The van der Waals surface area contributed by atoms with E-state index in [-0.39, 0.29) is 11.8 Å². The van der Waals surface area contributed by atoms with Gasteiger partial charge in [-0.3, -0.25) is 9.59 Å². The highest BCUT2D eigenvalue weighted by molar-refractivity contribution is 5.99. The molecule has 1 unspecified atom stereocenters. The molecule has 0 aromatic heterocycles. The third kappa shape index (κ3) is 3.35. The van der Waals surface area contributed by atoms with Crippen molar-refractivity contribution in [2.45, 2.75) is 32.7 Å². The van der Waals surface area contributed by atoms with E-state index in [0.29, 0.717) is 12.1 Å². The molecule has 1 aliphatic heterocycles. The number of anilines is 1. The van der Waals surface area contributed by atoms with Crippen molar-refractivity contribution in [2.75, 3.05) is 25.5 Å². The van der Waals surface area contributed by atoms with Crippen molar-refractivity contribution in [3.63, 3.8) is 0 Å². The molecular formula is C16H23N3O2. The smallest absolute Gasteiger partial charge is 0.252 e. The molecular weight excluding hydrogens is 266 g/mol. The highest BCUT2D eigenvalue weighted by Crippen LogP contribution is 2.25. The lowest BCUT2D eigenvalue weighted by atomic mass is 9.97. The summed E-state index contributed by atoms with van der Waals surface area (Å²) in [5.41, 5.74) is 2.74. The van der Waals surface area contributed by atoms with Crippen LogP contribution in [0.25, 0.3) is 0 Å². The minimum Gasteiger partial charge on any atom is -0.385 e. The molecule has 0 radical (unpaired) electrons. The van der Waals surface area contributed by atoms with Crippen molar-refractivity contribution in [1.29, 1.82) is 0 Å². The van der Waals surface area contributed by atoms with Gasteiger partial charge in [-0.1, -0.05) is 6.07 Å². The van der Waals surface area contributed by atoms with Gasteiger partial charge in [0.25, 0.3) is 5.91 Å². The molecule has 0 saturated carbocycles. The van der Waals surface area contributed by atoms with E-state index < -0.39 is 6.04 Å². The summed E-state index contributed by atoms with van der Waals surface area (Å²) in [5.74, 6) is -0.255. The molecule has 1 aromatic carbocycles. The summed E-state index contributed by atoms with van der Waals surface area (Å²) < 4.78 is 0. The number of benzene rings is 1. The van der Waals surface area contributed by atoms with Gasteiger partial charge in [-0.2, -0.15) is 0 Å². The van der Waals surface area contributed by atoms with Crippen LogP contribution in [0, 0.1) is 0 Å². The van der Waals surface area contributed by atoms with Crippen LogP contribution in [-0.2, 0) is 11.2 Å². The highest BCUT2D eigenvalue weighted by Gasteiger charge is 2.22. The molecule has 114 valence electrons. The molecule has 0 spiro atoms. The van der Waals surface area contributed by atoms with Crippen LogP contribution >= 0.6 is 0 Å². The van der Waals surface area contributed by atoms with Gasteiger partial charge in [0.05, 0.1) is 0 Å². The van der Waals surface area contributed by atoms with Gasteiger partial charge >= 0.3 is 0 Å². The summed E-state index contributed by atoms with van der Waals surface area (Å²) >= 11 is 0. The van der Waals surface area contributed by atoms with E-state index in [2.05, 4.69) is 10.6 Å². The van der Waals surface area contributed by atoms with E-state index in [1.807, 2.05) is 25.1 Å². The van der Waals surface area contributed by atoms with Crippen LogP contribution in [0.2, 0.25) is 0 Å². The maximum Gasteiger partial charge on any atom is 0.252 e. The van der Waals surface area contributed by atoms with Crippen LogP contribution in [-0.4, -0.2) is 42.9 Å². The second-order valence-electron chi connectivity index (χ2n) is 5.41. The maximum absolute atomic E-state index is 12.4. The third-order valence-corrected chi connectivity index (χ3v) is 3.91. The molecule has 5 nitrogen and oxygen atoms in total. The zero-order valence-electron chi connectivity index (χ0n) is 12.9. The minimum absolute atomic E-state index is 0.0752. The summed E-state index contributed by atoms with van der Waals surface area (Å²) in [5, 5.41) is 6.11. The normalized spacial score (nSPS) is 14.6. The molecule has 21 heavy (non-hydrogen) atoms. The predicted octanol–water partition coefficient (Wildman–Crippen LogP) is 1.64. The van der Waals surface area contributed by atoms with Gasteiger partial charge in [0.1, 0.15) is 6.04 Å². The second-order valence-corrected chi connectivity index (χ2v) is 5.41. The van der Waals surface area contributed by atoms with Gasteiger partial charge in [0.15, 0.2) is 0 Å². The van der Waals surface area contributed by atoms with E-state index in [1.165, 1.54) is 0 Å². The molecule has 0 saturated heterocycles. The number of carbonyl (C=O) groups excluding carboxylic acids is 2. The zero-order chi connectivity index (χ0) is 15.4. The van der Waals surface area contributed by atoms with E-state index >= 15 is 0 Å². The topological polar surface area (TPSA) is 61.4 Å². The van der Waals surface area contributed by atoms with E-state index in [4.69, 9.17) is 0 Å². The Labute approximate surface area is 125 Å². The van der Waals surface area contributed by atoms with Crippen molar-refractivity contribution >= 4 is 17.5 Å². The summed E-state index contributed by atoms with van der Waals surface area (Å²) in [6.07, 6.45) is 1.91. The Morgan fingerprint density at radius 3 is 2.90 bits per heavy atom. The monoisotopic (exact) mass is 289 g/mol. The lowest BCUT2D eigenvalue weighted by Gasteiger charge is -2.23. The SMILES string of the molecule is CCN(C)C(=O)C(C)NC(=O)c1cccc2c1CCCN2. The summed E-state index contributed by atoms with van der Waals surface area (Å²) in [7, 11) is 1.74. The van der Waals surface area contributed by atoms with Crippen LogP contribution in [0.4, 0.5) is 5.69 Å².